The van der Waals surface area contributed by atoms with Gasteiger partial charge in [0.25, 0.3) is 0 Å². The molecule has 1 aliphatic rings. The van der Waals surface area contributed by atoms with Crippen LogP contribution in [0.25, 0.3) is 0 Å². The van der Waals surface area contributed by atoms with Crippen LogP contribution in [0.1, 0.15) is 25.7 Å². The summed E-state index contributed by atoms with van der Waals surface area (Å²) in [6, 6.07) is 15.8. The van der Waals surface area contributed by atoms with Crippen LogP contribution in [0.3, 0.4) is 0 Å². The van der Waals surface area contributed by atoms with E-state index in [4.69, 9.17) is 0 Å². The van der Waals surface area contributed by atoms with Crippen LogP contribution < -0.4 is 0 Å². The van der Waals surface area contributed by atoms with Gasteiger partial charge in [0.15, 0.2) is 19.7 Å². The molecule has 2 aromatic rings. The molecule has 5 nitrogen and oxygen atoms in total. The quantitative estimate of drug-likeness (QED) is 0.723. The highest BCUT2D eigenvalue weighted by atomic mass is 32.2. The van der Waals surface area contributed by atoms with Gasteiger partial charge in [-0.25, -0.2) is 16.8 Å². The van der Waals surface area contributed by atoms with E-state index in [9.17, 15) is 21.6 Å². The molecule has 0 N–H and O–H groups in total. The second-order valence-electron chi connectivity index (χ2n) is 6.64. The van der Waals surface area contributed by atoms with Crippen LogP contribution in [0.5, 0.6) is 0 Å². The topological polar surface area (TPSA) is 85.3 Å². The number of rotatable bonds is 7. The minimum Gasteiger partial charge on any atom is -0.299 e. The van der Waals surface area contributed by atoms with Crippen LogP contribution >= 0.6 is 0 Å². The number of benzene rings is 2. The highest BCUT2D eigenvalue weighted by molar-refractivity contribution is 7.93. The smallest absolute Gasteiger partial charge is 0.185 e. The molecule has 2 aromatic carbocycles. The van der Waals surface area contributed by atoms with Gasteiger partial charge in [-0.3, -0.25) is 4.79 Å². The van der Waals surface area contributed by atoms with Gasteiger partial charge >= 0.3 is 0 Å². The first-order valence-electron chi connectivity index (χ1n) is 8.36. The highest BCUT2D eigenvalue weighted by Gasteiger charge is 2.50. The number of hydrogen-bond acceptors (Lipinski definition) is 5. The zero-order valence-electron chi connectivity index (χ0n) is 14.2. The Hall–Kier alpha value is -1.99. The molecule has 0 unspecified atom stereocenters. The third-order valence-electron chi connectivity index (χ3n) is 4.86. The molecular weight excluding hydrogens is 372 g/mol. The Kier molecular flexibility index (Phi) is 5.03. The Labute approximate surface area is 153 Å². The molecule has 3 rings (SSSR count). The van der Waals surface area contributed by atoms with E-state index in [1.807, 2.05) is 0 Å². The molecule has 7 heteroatoms. The van der Waals surface area contributed by atoms with Crippen LogP contribution in [0.2, 0.25) is 0 Å². The summed E-state index contributed by atoms with van der Waals surface area (Å²) in [6.45, 7) is 0. The zero-order chi connectivity index (χ0) is 18.8. The first-order chi connectivity index (χ1) is 12.3. The van der Waals surface area contributed by atoms with Crippen molar-refractivity contribution in [1.82, 2.24) is 0 Å². The van der Waals surface area contributed by atoms with Gasteiger partial charge < -0.3 is 0 Å². The summed E-state index contributed by atoms with van der Waals surface area (Å²) in [4.78, 5) is 12.7. The summed E-state index contributed by atoms with van der Waals surface area (Å²) >= 11 is 0. The van der Waals surface area contributed by atoms with Crippen molar-refractivity contribution in [1.29, 1.82) is 0 Å². The fourth-order valence-corrected chi connectivity index (χ4v) is 6.75. The molecule has 0 heterocycles. The number of carbonyl (C=O) groups excluding carboxylic acids is 1. The van der Waals surface area contributed by atoms with Gasteiger partial charge in [0, 0.05) is 6.42 Å². The Morgan fingerprint density at radius 2 is 1.31 bits per heavy atom. The van der Waals surface area contributed by atoms with Crippen LogP contribution in [0, 0.1) is 0 Å². The van der Waals surface area contributed by atoms with Crippen LogP contribution in [0.15, 0.2) is 70.5 Å². The van der Waals surface area contributed by atoms with Gasteiger partial charge in [-0.2, -0.15) is 0 Å². The maximum atomic E-state index is 13.0. The van der Waals surface area contributed by atoms with Crippen molar-refractivity contribution in [3.05, 3.63) is 60.7 Å². The van der Waals surface area contributed by atoms with E-state index in [1.165, 1.54) is 24.3 Å². The van der Waals surface area contributed by atoms with Crippen LogP contribution in [-0.4, -0.2) is 33.1 Å². The average Bonchev–Trinajstić information content (AvgIpc) is 2.59. The van der Waals surface area contributed by atoms with E-state index in [-0.39, 0.29) is 16.2 Å². The summed E-state index contributed by atoms with van der Waals surface area (Å²) < 4.78 is 49.6. The Morgan fingerprint density at radius 3 is 1.77 bits per heavy atom. The number of carbonyl (C=O) groups is 1. The largest absolute Gasteiger partial charge is 0.299 e. The highest BCUT2D eigenvalue weighted by Crippen LogP contribution is 2.45. The molecule has 0 spiro atoms. The van der Waals surface area contributed by atoms with Crippen molar-refractivity contribution in [2.75, 3.05) is 5.75 Å². The third kappa shape index (κ3) is 3.46. The number of ketones is 1. The lowest BCUT2D eigenvalue weighted by Crippen LogP contribution is -2.47. The van der Waals surface area contributed by atoms with Crippen LogP contribution in [0.4, 0.5) is 0 Å². The molecule has 0 atom stereocenters. The molecule has 138 valence electrons. The zero-order valence-corrected chi connectivity index (χ0v) is 15.8. The van der Waals surface area contributed by atoms with Crippen molar-refractivity contribution in [3.63, 3.8) is 0 Å². The van der Waals surface area contributed by atoms with E-state index in [2.05, 4.69) is 0 Å². The predicted molar refractivity (Wildman–Crippen MR) is 98.3 cm³/mol. The molecule has 0 aliphatic heterocycles. The maximum absolute atomic E-state index is 13.0. The fraction of sp³-hybridized carbons (Fsp3) is 0.316. The lowest BCUT2D eigenvalue weighted by molar-refractivity contribution is -0.117. The third-order valence-corrected chi connectivity index (χ3v) is 9.14. The molecule has 1 aliphatic carbocycles. The molecule has 26 heavy (non-hydrogen) atoms. The standard InChI is InChI=1S/C19H20O5S2/c20-16(15-25(21,22)17-8-3-1-4-9-17)14-19(12-7-13-19)26(23,24)18-10-5-2-6-11-18/h1-6,8-11H,7,12-15H2. The molecule has 0 amide bonds. The molecule has 0 bridgehead atoms. The first-order valence-corrected chi connectivity index (χ1v) is 11.5. The molecule has 0 radical (unpaired) electrons. The second kappa shape index (κ2) is 6.96. The van der Waals surface area contributed by atoms with Crippen molar-refractivity contribution in [2.45, 2.75) is 40.2 Å². The summed E-state index contributed by atoms with van der Waals surface area (Å²) in [5.74, 6) is -1.24. The summed E-state index contributed by atoms with van der Waals surface area (Å²) in [6.07, 6.45) is 1.20. The number of hydrogen-bond donors (Lipinski definition) is 0. The van der Waals surface area contributed by atoms with E-state index in [1.54, 1.807) is 36.4 Å². The number of Topliss-reactive ketones (excluding diaryl/α,β-unsaturated/α-hetero) is 1. The lowest BCUT2D eigenvalue weighted by Gasteiger charge is -2.40. The summed E-state index contributed by atoms with van der Waals surface area (Å²) in [5, 5.41) is 0. The molecule has 0 aromatic heterocycles. The van der Waals surface area contributed by atoms with E-state index in [0.29, 0.717) is 19.3 Å². The van der Waals surface area contributed by atoms with Crippen molar-refractivity contribution in [2.24, 2.45) is 0 Å². The van der Waals surface area contributed by atoms with Gasteiger partial charge in [-0.15, -0.1) is 0 Å². The SMILES string of the molecule is O=C(CC1(S(=O)(=O)c2ccccc2)CCC1)CS(=O)(=O)c1ccccc1. The fourth-order valence-electron chi connectivity index (χ4n) is 3.29. The first kappa shape index (κ1) is 18.8. The molecule has 1 fully saturated rings. The summed E-state index contributed by atoms with van der Waals surface area (Å²) in [7, 11) is -7.47. The van der Waals surface area contributed by atoms with Gasteiger partial charge in [-0.05, 0) is 37.1 Å². The van der Waals surface area contributed by atoms with Crippen molar-refractivity contribution in [3.8, 4) is 0 Å². The Balaban J connectivity index is 1.81. The van der Waals surface area contributed by atoms with Gasteiger partial charge in [-0.1, -0.05) is 42.8 Å². The second-order valence-corrected chi connectivity index (χ2v) is 11.0. The average molecular weight is 392 g/mol. The minimum absolute atomic E-state index is 0.0712. The monoisotopic (exact) mass is 392 g/mol. The number of sulfone groups is 2. The van der Waals surface area contributed by atoms with Gasteiger partial charge in [0.1, 0.15) is 11.5 Å². The summed E-state index contributed by atoms with van der Waals surface area (Å²) in [5.41, 5.74) is 0. The minimum atomic E-state index is -3.77. The Morgan fingerprint density at radius 1 is 0.808 bits per heavy atom. The van der Waals surface area contributed by atoms with Gasteiger partial charge in [0.2, 0.25) is 0 Å². The van der Waals surface area contributed by atoms with E-state index >= 15 is 0 Å². The lowest BCUT2D eigenvalue weighted by atomic mass is 9.81. The Bertz CT molecular complexity index is 990. The molecule has 0 saturated heterocycles. The van der Waals surface area contributed by atoms with Gasteiger partial charge in [0.05, 0.1) is 14.5 Å². The molecular formula is C19H20O5S2. The molecule has 1 saturated carbocycles. The normalized spacial score (nSPS) is 16.6. The van der Waals surface area contributed by atoms with Crippen molar-refractivity contribution < 1.29 is 21.6 Å². The van der Waals surface area contributed by atoms with Crippen molar-refractivity contribution >= 4 is 25.5 Å². The van der Waals surface area contributed by atoms with Crippen LogP contribution in [-0.2, 0) is 24.5 Å². The maximum Gasteiger partial charge on any atom is 0.185 e. The predicted octanol–water partition coefficient (Wildman–Crippen LogP) is 2.82. The van der Waals surface area contributed by atoms with E-state index in [0.717, 1.165) is 0 Å². The van der Waals surface area contributed by atoms with E-state index < -0.39 is 36.0 Å².